The number of fused-ring (bicyclic) bond motifs is 1. The Hall–Kier alpha value is -0.120. The van der Waals surface area contributed by atoms with Gasteiger partial charge in [-0.1, -0.05) is 12.8 Å². The Morgan fingerprint density at radius 2 is 2.07 bits per heavy atom. The minimum absolute atomic E-state index is 0.000486. The Bertz CT molecular complexity index is 209. The van der Waals surface area contributed by atoms with E-state index in [-0.39, 0.29) is 24.1 Å². The van der Waals surface area contributed by atoms with Crippen molar-refractivity contribution in [3.8, 4) is 0 Å². The van der Waals surface area contributed by atoms with Gasteiger partial charge in [-0.05, 0) is 32.6 Å². The van der Waals surface area contributed by atoms with Crippen molar-refractivity contribution in [1.82, 2.24) is 5.06 Å². The maximum Gasteiger partial charge on any atom is 0.0503 e. The highest BCUT2D eigenvalue weighted by atomic mass is 16.5. The van der Waals surface area contributed by atoms with Crippen LogP contribution in [0.5, 0.6) is 0 Å². The van der Waals surface area contributed by atoms with E-state index in [4.69, 9.17) is 0 Å². The van der Waals surface area contributed by atoms with Crippen molar-refractivity contribution >= 4 is 0 Å². The molecule has 1 heterocycles. The van der Waals surface area contributed by atoms with Crippen molar-refractivity contribution in [2.45, 2.75) is 57.5 Å². The molecule has 3 atom stereocenters. The second kappa shape index (κ2) is 3.80. The molecule has 0 spiro atoms. The van der Waals surface area contributed by atoms with E-state index in [9.17, 15) is 10.3 Å². The molecule has 1 saturated carbocycles. The number of hydroxylamine groups is 2. The van der Waals surface area contributed by atoms with Crippen LogP contribution in [0.2, 0.25) is 0 Å². The molecule has 1 saturated heterocycles. The number of hydrogen-bond acceptors (Lipinski definition) is 3. The summed E-state index contributed by atoms with van der Waals surface area (Å²) in [6, 6.07) is 0.461. The van der Waals surface area contributed by atoms with E-state index in [2.05, 4.69) is 6.92 Å². The van der Waals surface area contributed by atoms with Crippen LogP contribution >= 0.6 is 0 Å². The average Bonchev–Trinajstić information content (AvgIpc) is 2.24. The van der Waals surface area contributed by atoms with Gasteiger partial charge in [0.05, 0.1) is 6.61 Å². The van der Waals surface area contributed by atoms with Gasteiger partial charge in [0.25, 0.3) is 0 Å². The van der Waals surface area contributed by atoms with Crippen molar-refractivity contribution in [1.29, 1.82) is 0 Å². The topological polar surface area (TPSA) is 43.7 Å². The Balaban J connectivity index is 2.18. The molecule has 0 radical (unpaired) electrons. The molecule has 14 heavy (non-hydrogen) atoms. The molecule has 2 N–H and O–H groups in total. The summed E-state index contributed by atoms with van der Waals surface area (Å²) in [6.45, 7) is 2.30. The van der Waals surface area contributed by atoms with Crippen LogP contribution in [-0.2, 0) is 0 Å². The zero-order valence-corrected chi connectivity index (χ0v) is 8.95. The summed E-state index contributed by atoms with van der Waals surface area (Å²) >= 11 is 0. The molecule has 3 nitrogen and oxygen atoms in total. The molecule has 0 unspecified atom stereocenters. The van der Waals surface area contributed by atoms with Crippen LogP contribution in [0.4, 0.5) is 0 Å². The third kappa shape index (κ3) is 1.47. The van der Waals surface area contributed by atoms with E-state index >= 15 is 0 Å². The first-order chi connectivity index (χ1) is 6.69. The van der Waals surface area contributed by atoms with Crippen LogP contribution in [-0.4, -0.2) is 34.1 Å². The van der Waals surface area contributed by atoms with Crippen LogP contribution in [0.25, 0.3) is 0 Å². The Labute approximate surface area is 85.7 Å². The Kier molecular flexibility index (Phi) is 2.82. The zero-order valence-electron chi connectivity index (χ0n) is 8.95. The second-order valence-corrected chi connectivity index (χ2v) is 5.05. The van der Waals surface area contributed by atoms with E-state index in [0.717, 1.165) is 25.7 Å². The minimum Gasteiger partial charge on any atom is -0.396 e. The van der Waals surface area contributed by atoms with Gasteiger partial charge in [-0.15, -0.1) is 0 Å². The maximum absolute atomic E-state index is 9.99. The number of nitrogens with zero attached hydrogens (tertiary/aromatic N) is 1. The average molecular weight is 199 g/mol. The molecule has 0 aromatic carbocycles. The highest BCUT2D eigenvalue weighted by molar-refractivity contribution is 4.98. The molecule has 3 heteroatoms. The van der Waals surface area contributed by atoms with Crippen LogP contribution in [0.3, 0.4) is 0 Å². The van der Waals surface area contributed by atoms with Gasteiger partial charge in [-0.25, -0.2) is 0 Å². The van der Waals surface area contributed by atoms with Crippen LogP contribution in [0.1, 0.15) is 45.4 Å². The predicted octanol–water partition coefficient (Wildman–Crippen LogP) is 1.78. The first kappa shape index (κ1) is 10.4. The van der Waals surface area contributed by atoms with Gasteiger partial charge < -0.3 is 10.3 Å². The summed E-state index contributed by atoms with van der Waals surface area (Å²) in [5, 5.41) is 21.0. The molecule has 2 rings (SSSR count). The normalized spacial score (nSPS) is 44.8. The van der Waals surface area contributed by atoms with E-state index in [0.29, 0.717) is 0 Å². The van der Waals surface area contributed by atoms with Gasteiger partial charge in [-0.2, -0.15) is 5.06 Å². The molecular formula is C11H21NO2. The van der Waals surface area contributed by atoms with Gasteiger partial charge >= 0.3 is 0 Å². The molecule has 0 aromatic heterocycles. The standard InChI is InChI=1S/C11H21NO2/c1-9-5-7-11(8-13)6-3-2-4-10(11)12(9)14/h9-10,13-14H,2-8H2,1H3/t9-,10+,11-/m1/s1. The first-order valence-corrected chi connectivity index (χ1v) is 5.78. The lowest BCUT2D eigenvalue weighted by Gasteiger charge is -2.52. The molecule has 0 aromatic rings. The lowest BCUT2D eigenvalue weighted by atomic mass is 9.65. The van der Waals surface area contributed by atoms with Gasteiger partial charge in [-0.3, -0.25) is 0 Å². The zero-order chi connectivity index (χ0) is 10.2. The van der Waals surface area contributed by atoms with Crippen LogP contribution in [0.15, 0.2) is 0 Å². The fourth-order valence-corrected chi connectivity index (χ4v) is 3.19. The molecule has 82 valence electrons. The van der Waals surface area contributed by atoms with E-state index in [1.165, 1.54) is 17.9 Å². The first-order valence-electron chi connectivity index (χ1n) is 5.78. The fourth-order valence-electron chi connectivity index (χ4n) is 3.19. The van der Waals surface area contributed by atoms with Crippen molar-refractivity contribution in [2.24, 2.45) is 5.41 Å². The molecule has 0 amide bonds. The molecule has 2 aliphatic rings. The highest BCUT2D eigenvalue weighted by Gasteiger charge is 2.47. The van der Waals surface area contributed by atoms with Crippen molar-refractivity contribution in [2.75, 3.05) is 6.61 Å². The summed E-state index contributed by atoms with van der Waals surface area (Å²) in [4.78, 5) is 0. The van der Waals surface area contributed by atoms with Gasteiger partial charge in [0, 0.05) is 17.5 Å². The SMILES string of the molecule is C[C@@H]1CC[C@@]2(CO)CCCC[C@@H]2N1O. The number of aliphatic hydroxyl groups is 1. The van der Waals surface area contributed by atoms with Crippen LogP contribution < -0.4 is 0 Å². The lowest BCUT2D eigenvalue weighted by Crippen LogP contribution is -2.57. The summed E-state index contributed by atoms with van der Waals surface area (Å²) in [6.07, 6.45) is 6.61. The summed E-state index contributed by atoms with van der Waals surface area (Å²) < 4.78 is 0. The smallest absolute Gasteiger partial charge is 0.0503 e. The van der Waals surface area contributed by atoms with Crippen LogP contribution in [0, 0.1) is 5.41 Å². The largest absolute Gasteiger partial charge is 0.396 e. The molecule has 1 aliphatic heterocycles. The number of piperidine rings is 1. The van der Waals surface area contributed by atoms with Gasteiger partial charge in [0.15, 0.2) is 0 Å². The van der Waals surface area contributed by atoms with E-state index < -0.39 is 0 Å². The highest BCUT2D eigenvalue weighted by Crippen LogP contribution is 2.46. The number of aliphatic hydroxyl groups excluding tert-OH is 1. The van der Waals surface area contributed by atoms with Gasteiger partial charge in [0.2, 0.25) is 0 Å². The monoisotopic (exact) mass is 199 g/mol. The number of rotatable bonds is 1. The summed E-state index contributed by atoms with van der Waals surface area (Å²) in [5.41, 5.74) is -0.000486. The summed E-state index contributed by atoms with van der Waals surface area (Å²) in [7, 11) is 0. The maximum atomic E-state index is 9.99. The van der Waals surface area contributed by atoms with E-state index in [1.54, 1.807) is 0 Å². The summed E-state index contributed by atoms with van der Waals surface area (Å²) in [5.74, 6) is 0. The van der Waals surface area contributed by atoms with Crippen molar-refractivity contribution < 1.29 is 10.3 Å². The van der Waals surface area contributed by atoms with Crippen molar-refractivity contribution in [3.05, 3.63) is 0 Å². The molecule has 0 bridgehead atoms. The third-order valence-corrected chi connectivity index (χ3v) is 4.25. The second-order valence-electron chi connectivity index (χ2n) is 5.05. The number of hydrogen-bond donors (Lipinski definition) is 2. The Morgan fingerprint density at radius 1 is 1.29 bits per heavy atom. The van der Waals surface area contributed by atoms with Crippen molar-refractivity contribution in [3.63, 3.8) is 0 Å². The molecule has 1 aliphatic carbocycles. The lowest BCUT2D eigenvalue weighted by molar-refractivity contribution is -0.227. The fraction of sp³-hybridized carbons (Fsp3) is 1.00. The van der Waals surface area contributed by atoms with E-state index in [1.807, 2.05) is 0 Å². The predicted molar refractivity (Wildman–Crippen MR) is 54.1 cm³/mol. The molecule has 2 fully saturated rings. The Morgan fingerprint density at radius 3 is 2.79 bits per heavy atom. The quantitative estimate of drug-likeness (QED) is 0.676. The van der Waals surface area contributed by atoms with Gasteiger partial charge in [0.1, 0.15) is 0 Å². The third-order valence-electron chi connectivity index (χ3n) is 4.25. The minimum atomic E-state index is -0.000486. The molecular weight excluding hydrogens is 178 g/mol.